The van der Waals surface area contributed by atoms with E-state index in [0.29, 0.717) is 5.01 Å². The van der Waals surface area contributed by atoms with Crippen LogP contribution in [0.1, 0.15) is 5.56 Å². The lowest BCUT2D eigenvalue weighted by molar-refractivity contribution is -0.130. The van der Waals surface area contributed by atoms with Crippen molar-refractivity contribution < 1.29 is 40.6 Å². The molecule has 3 rings (SSSR count). The Morgan fingerprint density at radius 3 is 2.27 bits per heavy atom. The number of amides is 1. The zero-order valence-corrected chi connectivity index (χ0v) is 18.1. The SMILES string of the molecule is Cc1c(N2N=C(C(=O)O)[C@@H](N=Nc3ccccc3S(=O)(=O)O)C2=O)cc(N)cc1S(=O)(=O)O. The van der Waals surface area contributed by atoms with Gasteiger partial charge in [0.2, 0.25) is 6.04 Å². The smallest absolute Gasteiger partial charge is 0.355 e. The lowest BCUT2D eigenvalue weighted by Crippen LogP contribution is -2.33. The van der Waals surface area contributed by atoms with Gasteiger partial charge in [-0.25, -0.2) is 4.79 Å². The molecule has 0 bridgehead atoms. The normalized spacial score (nSPS) is 16.9. The average Bonchev–Trinajstić information content (AvgIpc) is 3.03. The van der Waals surface area contributed by atoms with Crippen LogP contribution in [-0.2, 0) is 29.8 Å². The maximum absolute atomic E-state index is 12.9. The number of carbonyl (C=O) groups excluding carboxylic acids is 1. The van der Waals surface area contributed by atoms with Crippen LogP contribution in [0.5, 0.6) is 0 Å². The summed E-state index contributed by atoms with van der Waals surface area (Å²) in [6.45, 7) is 1.23. The van der Waals surface area contributed by atoms with Crippen LogP contribution >= 0.6 is 0 Å². The molecule has 0 unspecified atom stereocenters. The Labute approximate surface area is 186 Å². The van der Waals surface area contributed by atoms with E-state index in [1.54, 1.807) is 0 Å². The van der Waals surface area contributed by atoms with Gasteiger partial charge in [-0.15, -0.1) is 0 Å². The van der Waals surface area contributed by atoms with Crippen molar-refractivity contribution in [3.05, 3.63) is 42.0 Å². The largest absolute Gasteiger partial charge is 0.477 e. The molecule has 0 saturated heterocycles. The number of carbonyl (C=O) groups is 2. The zero-order valence-electron chi connectivity index (χ0n) is 16.5. The van der Waals surface area contributed by atoms with Gasteiger partial charge in [-0.05, 0) is 36.8 Å². The number of rotatable bonds is 6. The van der Waals surface area contributed by atoms with Gasteiger partial charge in [0, 0.05) is 5.69 Å². The van der Waals surface area contributed by atoms with Crippen LogP contribution in [0.2, 0.25) is 0 Å². The van der Waals surface area contributed by atoms with Crippen molar-refractivity contribution in [2.75, 3.05) is 10.7 Å². The number of nitrogens with two attached hydrogens (primary N) is 1. The van der Waals surface area contributed by atoms with E-state index >= 15 is 0 Å². The molecule has 0 aliphatic carbocycles. The van der Waals surface area contributed by atoms with Crippen molar-refractivity contribution in [3.8, 4) is 0 Å². The number of benzene rings is 2. The van der Waals surface area contributed by atoms with Crippen LogP contribution in [0.3, 0.4) is 0 Å². The van der Waals surface area contributed by atoms with Crippen molar-refractivity contribution >= 4 is 54.9 Å². The third-order valence-electron chi connectivity index (χ3n) is 4.41. The molecule has 0 fully saturated rings. The minimum absolute atomic E-state index is 0.150. The molecule has 1 amide bonds. The summed E-state index contributed by atoms with van der Waals surface area (Å²) in [7, 11) is -9.43. The Morgan fingerprint density at radius 1 is 1.09 bits per heavy atom. The predicted molar refractivity (Wildman–Crippen MR) is 113 cm³/mol. The number of hydrogen-bond donors (Lipinski definition) is 4. The first-order valence-corrected chi connectivity index (χ1v) is 11.6. The Morgan fingerprint density at radius 2 is 1.70 bits per heavy atom. The number of nitrogens with zero attached hydrogens (tertiary/aromatic N) is 4. The summed E-state index contributed by atoms with van der Waals surface area (Å²) >= 11 is 0. The van der Waals surface area contributed by atoms with Crippen molar-refractivity contribution in [1.29, 1.82) is 0 Å². The van der Waals surface area contributed by atoms with Crippen LogP contribution in [-0.4, -0.2) is 54.7 Å². The van der Waals surface area contributed by atoms with E-state index in [-0.39, 0.29) is 22.6 Å². The Bertz CT molecular complexity index is 1450. The summed E-state index contributed by atoms with van der Waals surface area (Å²) in [5.41, 5.74) is 3.93. The fourth-order valence-corrected chi connectivity index (χ4v) is 4.34. The second-order valence-corrected chi connectivity index (χ2v) is 9.42. The van der Waals surface area contributed by atoms with Gasteiger partial charge in [0.05, 0.1) is 5.69 Å². The predicted octanol–water partition coefficient (Wildman–Crippen LogP) is 1.01. The highest BCUT2D eigenvalue weighted by Gasteiger charge is 2.42. The summed E-state index contributed by atoms with van der Waals surface area (Å²) in [4.78, 5) is 23.3. The zero-order chi connectivity index (χ0) is 24.7. The molecule has 1 heterocycles. The number of nitrogen functional groups attached to an aromatic ring is 1. The minimum Gasteiger partial charge on any atom is -0.477 e. The van der Waals surface area contributed by atoms with E-state index in [1.807, 2.05) is 0 Å². The summed E-state index contributed by atoms with van der Waals surface area (Å²) < 4.78 is 64.9. The number of anilines is 2. The number of hydrazone groups is 1. The molecule has 1 aliphatic rings. The summed E-state index contributed by atoms with van der Waals surface area (Å²) in [5.74, 6) is -2.73. The quantitative estimate of drug-likeness (QED) is 0.251. The first-order chi connectivity index (χ1) is 15.2. The highest BCUT2D eigenvalue weighted by Crippen LogP contribution is 2.33. The molecular formula is C17H15N5O9S2. The van der Waals surface area contributed by atoms with Crippen LogP contribution in [0, 0.1) is 6.92 Å². The molecule has 2 aromatic carbocycles. The molecule has 1 atom stereocenters. The lowest BCUT2D eigenvalue weighted by atomic mass is 10.1. The van der Waals surface area contributed by atoms with Crippen LogP contribution < -0.4 is 10.7 Å². The molecule has 0 spiro atoms. The highest BCUT2D eigenvalue weighted by molar-refractivity contribution is 7.86. The van der Waals surface area contributed by atoms with Gasteiger partial charge in [0.1, 0.15) is 15.5 Å². The average molecular weight is 497 g/mol. The number of carboxylic acids is 1. The van der Waals surface area contributed by atoms with Gasteiger partial charge in [-0.2, -0.15) is 37.2 Å². The molecule has 0 saturated carbocycles. The van der Waals surface area contributed by atoms with Crippen molar-refractivity contribution in [3.63, 3.8) is 0 Å². The third-order valence-corrected chi connectivity index (χ3v) is 6.29. The molecule has 2 aromatic rings. The van der Waals surface area contributed by atoms with E-state index in [0.717, 1.165) is 24.3 Å². The van der Waals surface area contributed by atoms with Gasteiger partial charge in [-0.3, -0.25) is 13.9 Å². The fraction of sp³-hybridized carbons (Fsp3) is 0.118. The summed E-state index contributed by atoms with van der Waals surface area (Å²) in [6.07, 6.45) is 0. The number of azo groups is 1. The van der Waals surface area contributed by atoms with Crippen LogP contribution in [0.25, 0.3) is 0 Å². The second kappa shape index (κ2) is 8.32. The number of carboxylic acid groups (broad SMARTS) is 1. The van der Waals surface area contributed by atoms with Crippen LogP contribution in [0.15, 0.2) is 61.5 Å². The Kier molecular flexibility index (Phi) is 6.03. The first-order valence-electron chi connectivity index (χ1n) is 8.72. The number of aliphatic carboxylic acids is 1. The van der Waals surface area contributed by atoms with E-state index in [1.165, 1.54) is 19.1 Å². The molecule has 14 nitrogen and oxygen atoms in total. The molecule has 1 aliphatic heterocycles. The van der Waals surface area contributed by atoms with Gasteiger partial charge >= 0.3 is 5.97 Å². The van der Waals surface area contributed by atoms with Crippen LogP contribution in [0.4, 0.5) is 17.1 Å². The maximum atomic E-state index is 12.9. The lowest BCUT2D eigenvalue weighted by Gasteiger charge is -2.17. The molecular weight excluding hydrogens is 482 g/mol. The van der Waals surface area contributed by atoms with Crippen molar-refractivity contribution in [1.82, 2.24) is 0 Å². The minimum atomic E-state index is -4.74. The molecule has 0 radical (unpaired) electrons. The maximum Gasteiger partial charge on any atom is 0.355 e. The first kappa shape index (κ1) is 23.9. The summed E-state index contributed by atoms with van der Waals surface area (Å²) in [5, 5.41) is 20.9. The van der Waals surface area contributed by atoms with Gasteiger partial charge < -0.3 is 10.8 Å². The van der Waals surface area contributed by atoms with Gasteiger partial charge in [0.25, 0.3) is 26.1 Å². The van der Waals surface area contributed by atoms with Crippen molar-refractivity contribution in [2.24, 2.45) is 15.3 Å². The molecule has 16 heteroatoms. The molecule has 33 heavy (non-hydrogen) atoms. The Balaban J connectivity index is 2.09. The van der Waals surface area contributed by atoms with Crippen molar-refractivity contribution in [2.45, 2.75) is 22.8 Å². The summed E-state index contributed by atoms with van der Waals surface area (Å²) in [6, 6.07) is 5.08. The standard InChI is InChI=1S/C17H15N5O9S2/c1-8-11(6-9(18)7-13(8)33(29,30)31)22-16(23)14(15(21-22)17(24)25)20-19-10-4-2-3-5-12(10)32(26,27)28/h2-7,14H,18H2,1H3,(H,24,25)(H,26,27,28)(H,29,30,31)/t14-/m1/s1. The molecule has 174 valence electrons. The van der Waals surface area contributed by atoms with E-state index in [4.69, 9.17) is 5.73 Å². The molecule has 5 N–H and O–H groups in total. The topological polar surface area (TPSA) is 229 Å². The van der Waals surface area contributed by atoms with Gasteiger partial charge in [-0.1, -0.05) is 12.1 Å². The van der Waals surface area contributed by atoms with E-state index in [2.05, 4.69) is 15.3 Å². The molecule has 0 aromatic heterocycles. The van der Waals surface area contributed by atoms with E-state index in [9.17, 15) is 40.6 Å². The number of hydrogen-bond acceptors (Lipinski definition) is 10. The van der Waals surface area contributed by atoms with Gasteiger partial charge in [0.15, 0.2) is 5.71 Å². The third kappa shape index (κ3) is 4.72. The second-order valence-electron chi connectivity index (χ2n) is 6.64. The Hall–Kier alpha value is -3.73. The monoisotopic (exact) mass is 497 g/mol. The highest BCUT2D eigenvalue weighted by atomic mass is 32.2. The fourth-order valence-electron chi connectivity index (χ4n) is 2.94. The van der Waals surface area contributed by atoms with E-state index < -0.39 is 53.7 Å².